The van der Waals surface area contributed by atoms with Gasteiger partial charge in [-0.2, -0.15) is 0 Å². The number of likely N-dealkylation sites (tertiary alicyclic amines) is 1. The van der Waals surface area contributed by atoms with E-state index in [0.29, 0.717) is 23.6 Å². The molecule has 13 heteroatoms. The molecule has 2 saturated carbocycles. The number of carboxylic acid groups (broad SMARTS) is 1. The van der Waals surface area contributed by atoms with Crippen LogP contribution in [0.4, 0.5) is 5.69 Å². The maximum atomic E-state index is 13.4. The van der Waals surface area contributed by atoms with E-state index in [2.05, 4.69) is 10.3 Å². The number of carbonyl (C=O) groups is 4. The maximum Gasteiger partial charge on any atom is 0.323 e. The van der Waals surface area contributed by atoms with Gasteiger partial charge in [-0.05, 0) is 54.0 Å². The minimum atomic E-state index is -1.22. The summed E-state index contributed by atoms with van der Waals surface area (Å²) in [5.41, 5.74) is 1.53. The average Bonchev–Trinajstić information content (AvgIpc) is 3.72. The molecule has 7 rings (SSSR count). The molecule has 4 aliphatic rings. The van der Waals surface area contributed by atoms with E-state index in [0.717, 1.165) is 31.7 Å². The molecule has 11 nitrogen and oxygen atoms in total. The highest BCUT2D eigenvalue weighted by atomic mass is 32.2. The van der Waals surface area contributed by atoms with Crippen molar-refractivity contribution in [3.05, 3.63) is 68.6 Å². The van der Waals surface area contributed by atoms with Crippen molar-refractivity contribution in [1.29, 1.82) is 0 Å². The number of imide groups is 1. The van der Waals surface area contributed by atoms with Crippen LogP contribution in [0.2, 0.25) is 0 Å². The van der Waals surface area contributed by atoms with Crippen molar-refractivity contribution in [2.45, 2.75) is 22.6 Å². The fourth-order valence-corrected chi connectivity index (χ4v) is 10.5. The van der Waals surface area contributed by atoms with Crippen LogP contribution >= 0.6 is 23.1 Å². The number of para-hydroxylation sites is 1. The number of carboxylic acids is 1. The lowest BCUT2D eigenvalue weighted by Gasteiger charge is -2.43. The van der Waals surface area contributed by atoms with Crippen molar-refractivity contribution in [2.24, 2.45) is 29.6 Å². The Kier molecular flexibility index (Phi) is 6.81. The number of hydrogen-bond acceptors (Lipinski definition) is 9. The molecule has 3 aromatic rings. The number of hydrogen-bond donors (Lipinski definition) is 3. The van der Waals surface area contributed by atoms with Crippen molar-refractivity contribution in [3.63, 3.8) is 0 Å². The molecule has 7 atom stereocenters. The van der Waals surface area contributed by atoms with E-state index in [-0.39, 0.29) is 46.3 Å². The third-order valence-electron chi connectivity index (χ3n) is 9.07. The normalized spacial score (nSPS) is 28.3. The lowest BCUT2D eigenvalue weighted by molar-refractivity contribution is -0.149. The number of nitrogens with one attached hydrogen (secondary N) is 2. The van der Waals surface area contributed by atoms with E-state index in [1.165, 1.54) is 7.11 Å². The number of fused-ring (bicyclic) bond motifs is 9. The smallest absolute Gasteiger partial charge is 0.323 e. The highest BCUT2D eigenvalue weighted by Gasteiger charge is 2.69. The van der Waals surface area contributed by atoms with Crippen molar-refractivity contribution in [3.8, 4) is 11.5 Å². The van der Waals surface area contributed by atoms with Crippen molar-refractivity contribution in [1.82, 2.24) is 9.88 Å². The Bertz CT molecular complexity index is 1700. The van der Waals surface area contributed by atoms with Gasteiger partial charge in [-0.25, -0.2) is 0 Å². The lowest BCUT2D eigenvalue weighted by atomic mass is 9.68. The van der Waals surface area contributed by atoms with Crippen LogP contribution in [0, 0.1) is 29.6 Å². The predicted molar refractivity (Wildman–Crippen MR) is 156 cm³/mol. The van der Waals surface area contributed by atoms with Gasteiger partial charge < -0.3 is 24.9 Å². The van der Waals surface area contributed by atoms with E-state index < -0.39 is 36.2 Å². The summed E-state index contributed by atoms with van der Waals surface area (Å²) in [4.78, 5) is 67.6. The van der Waals surface area contributed by atoms with Gasteiger partial charge in [0.05, 0.1) is 24.0 Å². The zero-order chi connectivity index (χ0) is 30.0. The standard InChI is InChI=1S/C30H27N3O8S2/c1-40-18-9-13(7-8-17(18)41-12-19(34)31-14-5-3-2-4-6-14)21-22-15-10-16(25(22)42-27-26(21)43-30(39)32-27)24-23(15)28(37)33(29(24)38)11-20(35)36/h2-9,15-16,21-25H,10-12H2,1H3,(H,31,34)(H,32,39)(H,35,36)/t15?,16?,21-,22?,23?,24?,25?/m1/s1. The van der Waals surface area contributed by atoms with Gasteiger partial charge in [0.1, 0.15) is 6.54 Å². The number of benzene rings is 2. The molecule has 1 aromatic heterocycles. The minimum Gasteiger partial charge on any atom is -0.493 e. The molecule has 3 heterocycles. The number of H-pyrrole nitrogens is 1. The third-order valence-corrected chi connectivity index (χ3v) is 11.7. The summed E-state index contributed by atoms with van der Waals surface area (Å²) < 4.78 is 11.5. The SMILES string of the molecule is COc1cc([C@H]2c3sc(=O)[nH]c3SC3C4CC(C5C(=O)N(CC(=O)O)C(=O)C45)C32)ccc1OCC(=O)Nc1ccccc1. The number of ether oxygens (including phenoxy) is 2. The predicted octanol–water partition coefficient (Wildman–Crippen LogP) is 3.02. The summed E-state index contributed by atoms with van der Waals surface area (Å²) >= 11 is 2.70. The molecule has 6 unspecified atom stereocenters. The second-order valence-corrected chi connectivity index (χ2v) is 13.4. The number of thiazole rings is 1. The van der Waals surface area contributed by atoms with Crippen LogP contribution in [-0.4, -0.2) is 64.2 Å². The second kappa shape index (κ2) is 10.6. The molecule has 0 radical (unpaired) electrons. The number of amides is 3. The Labute approximate surface area is 253 Å². The number of rotatable bonds is 8. The largest absolute Gasteiger partial charge is 0.493 e. The molecular formula is C30H27N3O8S2. The number of aromatic nitrogens is 1. The molecule has 3 amide bonds. The first kappa shape index (κ1) is 27.7. The van der Waals surface area contributed by atoms with Gasteiger partial charge in [0.15, 0.2) is 18.1 Å². The Balaban J connectivity index is 1.19. The Morgan fingerprint density at radius 2 is 1.79 bits per heavy atom. The summed E-state index contributed by atoms with van der Waals surface area (Å²) in [6.45, 7) is -0.854. The van der Waals surface area contributed by atoms with E-state index in [1.807, 2.05) is 30.3 Å². The van der Waals surface area contributed by atoms with Crippen LogP contribution in [-0.2, 0) is 19.2 Å². The average molecular weight is 622 g/mol. The molecule has 1 saturated heterocycles. The summed E-state index contributed by atoms with van der Waals surface area (Å²) in [5, 5.41) is 12.8. The minimum absolute atomic E-state index is 0.0286. The maximum absolute atomic E-state index is 13.4. The monoisotopic (exact) mass is 621 g/mol. The first-order valence-electron chi connectivity index (χ1n) is 13.9. The molecule has 2 aromatic carbocycles. The molecular weight excluding hydrogens is 594 g/mol. The first-order valence-corrected chi connectivity index (χ1v) is 15.6. The molecule has 2 bridgehead atoms. The number of carbonyl (C=O) groups excluding carboxylic acids is 3. The topological polar surface area (TPSA) is 155 Å². The van der Waals surface area contributed by atoms with Gasteiger partial charge in [-0.3, -0.25) is 28.9 Å². The van der Waals surface area contributed by atoms with Crippen molar-refractivity contribution >= 4 is 52.5 Å². The van der Waals surface area contributed by atoms with Crippen molar-refractivity contribution in [2.75, 3.05) is 25.6 Å². The third kappa shape index (κ3) is 4.52. The molecule has 3 fully saturated rings. The van der Waals surface area contributed by atoms with Crippen molar-refractivity contribution < 1.29 is 33.8 Å². The second-order valence-electron chi connectivity index (χ2n) is 11.2. The molecule has 2 aliphatic carbocycles. The Morgan fingerprint density at radius 3 is 2.51 bits per heavy atom. The number of thioether (sulfide) groups is 1. The van der Waals surface area contributed by atoms with Gasteiger partial charge in [0.25, 0.3) is 5.91 Å². The molecule has 0 spiro atoms. The van der Waals surface area contributed by atoms with Gasteiger partial charge in [0.2, 0.25) is 11.8 Å². The molecule has 3 N–H and O–H groups in total. The molecule has 2 aliphatic heterocycles. The summed E-state index contributed by atoms with van der Waals surface area (Å²) in [7, 11) is 1.51. The number of aliphatic carboxylic acids is 1. The van der Waals surface area contributed by atoms with E-state index in [9.17, 15) is 29.1 Å². The Morgan fingerprint density at radius 1 is 1.05 bits per heavy atom. The zero-order valence-corrected chi connectivity index (χ0v) is 24.5. The highest BCUT2D eigenvalue weighted by Crippen LogP contribution is 2.68. The summed E-state index contributed by atoms with van der Waals surface area (Å²) in [6.07, 6.45) is 0.695. The van der Waals surface area contributed by atoms with Crippen LogP contribution in [0.25, 0.3) is 0 Å². The number of nitrogens with zero attached hydrogens (tertiary/aromatic N) is 1. The number of aromatic amines is 1. The number of anilines is 1. The van der Waals surface area contributed by atoms with Crippen LogP contribution < -0.4 is 19.7 Å². The summed E-state index contributed by atoms with van der Waals surface area (Å²) in [5.74, 6) is -3.18. The molecule has 43 heavy (non-hydrogen) atoms. The van der Waals surface area contributed by atoms with Gasteiger partial charge in [0, 0.05) is 21.7 Å². The van der Waals surface area contributed by atoms with Gasteiger partial charge in [-0.15, -0.1) is 11.8 Å². The fraction of sp³-hybridized carbons (Fsp3) is 0.367. The van der Waals surface area contributed by atoms with Gasteiger partial charge in [-0.1, -0.05) is 35.6 Å². The Hall–Kier alpha value is -4.10. The lowest BCUT2D eigenvalue weighted by Crippen LogP contribution is -2.42. The molecule has 222 valence electrons. The van der Waals surface area contributed by atoms with E-state index >= 15 is 0 Å². The van der Waals surface area contributed by atoms with Gasteiger partial charge >= 0.3 is 10.8 Å². The van der Waals surface area contributed by atoms with Crippen LogP contribution in [0.3, 0.4) is 0 Å². The summed E-state index contributed by atoms with van der Waals surface area (Å²) in [6, 6.07) is 14.5. The highest BCUT2D eigenvalue weighted by molar-refractivity contribution is 8.00. The van der Waals surface area contributed by atoms with Crippen LogP contribution in [0.5, 0.6) is 11.5 Å². The quantitative estimate of drug-likeness (QED) is 0.322. The number of methoxy groups -OCH3 is 1. The van der Waals surface area contributed by atoms with E-state index in [4.69, 9.17) is 9.47 Å². The zero-order valence-electron chi connectivity index (χ0n) is 22.9. The van der Waals surface area contributed by atoms with Crippen LogP contribution in [0.1, 0.15) is 22.8 Å². The van der Waals surface area contributed by atoms with Crippen LogP contribution in [0.15, 0.2) is 58.4 Å². The first-order chi connectivity index (χ1) is 20.7. The fourth-order valence-electron chi connectivity index (χ4n) is 7.60. The van der Waals surface area contributed by atoms with E-state index in [1.54, 1.807) is 30.0 Å².